The summed E-state index contributed by atoms with van der Waals surface area (Å²) in [5.41, 5.74) is 0. The fourth-order valence-electron chi connectivity index (χ4n) is 0.845. The highest BCUT2D eigenvalue weighted by Crippen LogP contribution is 2.16. The van der Waals surface area contributed by atoms with Gasteiger partial charge in [0.25, 0.3) is 0 Å². The highest BCUT2D eigenvalue weighted by atomic mass is 17.2. The summed E-state index contributed by atoms with van der Waals surface area (Å²) in [5, 5.41) is 0. The first-order chi connectivity index (χ1) is 4.79. The van der Waals surface area contributed by atoms with Crippen LogP contribution in [0.15, 0.2) is 11.8 Å². The van der Waals surface area contributed by atoms with Crippen LogP contribution in [0.25, 0.3) is 0 Å². The molecule has 0 saturated heterocycles. The van der Waals surface area contributed by atoms with Crippen LogP contribution in [-0.4, -0.2) is 6.61 Å². The van der Waals surface area contributed by atoms with Crippen molar-refractivity contribution in [3.05, 3.63) is 11.8 Å². The zero-order chi connectivity index (χ0) is 7.40. The Bertz CT molecular complexity index is 127. The van der Waals surface area contributed by atoms with Gasteiger partial charge in [0, 0.05) is 6.42 Å². The maximum atomic E-state index is 4.86. The van der Waals surface area contributed by atoms with Gasteiger partial charge in [-0.15, -0.1) is 0 Å². The molecule has 0 bridgehead atoms. The molecule has 1 aliphatic rings. The molecule has 0 N–H and O–H groups in total. The Morgan fingerprint density at radius 3 is 2.90 bits per heavy atom. The number of hydrogen-bond acceptors (Lipinski definition) is 2. The minimum Gasteiger partial charge on any atom is -0.342 e. The van der Waals surface area contributed by atoms with Gasteiger partial charge >= 0.3 is 0 Å². The van der Waals surface area contributed by atoms with Crippen LogP contribution in [0.3, 0.4) is 0 Å². The topological polar surface area (TPSA) is 18.5 Å². The van der Waals surface area contributed by atoms with Gasteiger partial charge in [0.2, 0.25) is 0 Å². The van der Waals surface area contributed by atoms with Crippen molar-refractivity contribution in [3.63, 3.8) is 0 Å². The lowest BCUT2D eigenvalue weighted by molar-refractivity contribution is -0.235. The summed E-state index contributed by atoms with van der Waals surface area (Å²) in [6.07, 6.45) is 4.18. The molecule has 0 fully saturated rings. The number of allylic oxidation sites excluding steroid dienone is 1. The van der Waals surface area contributed by atoms with Gasteiger partial charge in [-0.1, -0.05) is 13.8 Å². The maximum Gasteiger partial charge on any atom is 0.140 e. The third-order valence-electron chi connectivity index (χ3n) is 1.51. The van der Waals surface area contributed by atoms with Crippen LogP contribution in [0.5, 0.6) is 0 Å². The van der Waals surface area contributed by atoms with Crippen LogP contribution in [0, 0.1) is 5.92 Å². The van der Waals surface area contributed by atoms with Crippen LogP contribution < -0.4 is 0 Å². The Morgan fingerprint density at radius 1 is 1.60 bits per heavy atom. The molecule has 1 rings (SSSR count). The Kier molecular flexibility index (Phi) is 2.75. The van der Waals surface area contributed by atoms with Crippen molar-refractivity contribution in [1.29, 1.82) is 0 Å². The molecular formula is C8H14O2. The van der Waals surface area contributed by atoms with Gasteiger partial charge in [0.15, 0.2) is 0 Å². The van der Waals surface area contributed by atoms with Crippen molar-refractivity contribution in [1.82, 2.24) is 0 Å². The molecule has 0 aromatic carbocycles. The molecule has 0 atom stereocenters. The van der Waals surface area contributed by atoms with Gasteiger partial charge in [-0.3, -0.25) is 0 Å². The molecule has 0 aromatic rings. The lowest BCUT2D eigenvalue weighted by atomic mass is 10.1. The largest absolute Gasteiger partial charge is 0.342 e. The predicted molar refractivity (Wildman–Crippen MR) is 39.2 cm³/mol. The van der Waals surface area contributed by atoms with Gasteiger partial charge in [-0.25, -0.2) is 0 Å². The zero-order valence-corrected chi connectivity index (χ0v) is 6.59. The second-order valence-electron chi connectivity index (χ2n) is 2.97. The van der Waals surface area contributed by atoms with E-state index in [1.54, 1.807) is 0 Å². The summed E-state index contributed by atoms with van der Waals surface area (Å²) in [6, 6.07) is 0. The Labute approximate surface area is 61.8 Å². The fourth-order valence-corrected chi connectivity index (χ4v) is 0.845. The molecule has 0 unspecified atom stereocenters. The van der Waals surface area contributed by atoms with Crippen LogP contribution in [0.2, 0.25) is 0 Å². The molecule has 58 valence electrons. The first-order valence-corrected chi connectivity index (χ1v) is 3.77. The van der Waals surface area contributed by atoms with Gasteiger partial charge in [0.1, 0.15) is 12.4 Å². The van der Waals surface area contributed by atoms with Crippen LogP contribution >= 0.6 is 0 Å². The quantitative estimate of drug-likeness (QED) is 0.563. The Balaban J connectivity index is 2.13. The van der Waals surface area contributed by atoms with E-state index in [1.807, 2.05) is 6.08 Å². The summed E-state index contributed by atoms with van der Waals surface area (Å²) in [7, 11) is 0. The Morgan fingerprint density at radius 2 is 2.40 bits per heavy atom. The van der Waals surface area contributed by atoms with Crippen molar-refractivity contribution in [3.8, 4) is 0 Å². The van der Waals surface area contributed by atoms with E-state index in [0.717, 1.165) is 18.1 Å². The second-order valence-corrected chi connectivity index (χ2v) is 2.97. The van der Waals surface area contributed by atoms with E-state index in [0.29, 0.717) is 6.61 Å². The lowest BCUT2D eigenvalue weighted by Gasteiger charge is -2.03. The highest BCUT2D eigenvalue weighted by Gasteiger charge is 2.06. The molecule has 0 spiro atoms. The summed E-state index contributed by atoms with van der Waals surface area (Å²) < 4.78 is 0. The van der Waals surface area contributed by atoms with E-state index in [1.165, 1.54) is 6.42 Å². The maximum absolute atomic E-state index is 4.86. The van der Waals surface area contributed by atoms with Crippen molar-refractivity contribution in [2.24, 2.45) is 5.92 Å². The van der Waals surface area contributed by atoms with Crippen LogP contribution in [0.4, 0.5) is 0 Å². The van der Waals surface area contributed by atoms with Crippen molar-refractivity contribution in [2.75, 3.05) is 6.61 Å². The van der Waals surface area contributed by atoms with Gasteiger partial charge in [0.05, 0.1) is 0 Å². The van der Waals surface area contributed by atoms with Crippen molar-refractivity contribution < 1.29 is 9.78 Å². The minimum atomic E-state index is 0.618. The van der Waals surface area contributed by atoms with Gasteiger partial charge < -0.3 is 4.89 Å². The molecule has 1 heterocycles. The van der Waals surface area contributed by atoms with E-state index in [9.17, 15) is 0 Å². The average Bonchev–Trinajstić information content (AvgIpc) is 2.34. The number of rotatable bonds is 3. The van der Waals surface area contributed by atoms with Crippen LogP contribution in [0.1, 0.15) is 26.7 Å². The normalized spacial score (nSPS) is 17.3. The van der Waals surface area contributed by atoms with Crippen LogP contribution in [-0.2, 0) is 9.78 Å². The summed E-state index contributed by atoms with van der Waals surface area (Å²) in [4.78, 5) is 9.56. The molecule has 0 aliphatic carbocycles. The SMILES string of the molecule is CC(C)CCC1=CCOO1. The monoisotopic (exact) mass is 142 g/mol. The molecule has 0 radical (unpaired) electrons. The molecule has 0 aromatic heterocycles. The van der Waals surface area contributed by atoms with Gasteiger partial charge in [-0.2, -0.15) is 4.89 Å². The van der Waals surface area contributed by atoms with E-state index >= 15 is 0 Å². The van der Waals surface area contributed by atoms with E-state index in [2.05, 4.69) is 13.8 Å². The highest BCUT2D eigenvalue weighted by molar-refractivity contribution is 4.94. The average molecular weight is 142 g/mol. The minimum absolute atomic E-state index is 0.618. The van der Waals surface area contributed by atoms with Gasteiger partial charge in [-0.05, 0) is 18.4 Å². The smallest absolute Gasteiger partial charge is 0.140 e. The molecule has 0 amide bonds. The molecule has 0 saturated carbocycles. The third kappa shape index (κ3) is 2.40. The first-order valence-electron chi connectivity index (χ1n) is 3.77. The number of hydrogen-bond donors (Lipinski definition) is 0. The molecular weight excluding hydrogens is 128 g/mol. The van der Waals surface area contributed by atoms with Crippen molar-refractivity contribution in [2.45, 2.75) is 26.7 Å². The standard InChI is InChI=1S/C8H14O2/c1-7(2)3-4-8-5-6-9-10-8/h5,7H,3-4,6H2,1-2H3. The summed E-state index contributed by atoms with van der Waals surface area (Å²) in [6.45, 7) is 5.03. The lowest BCUT2D eigenvalue weighted by Crippen LogP contribution is -1.90. The zero-order valence-electron chi connectivity index (χ0n) is 6.59. The summed E-state index contributed by atoms with van der Waals surface area (Å²) in [5.74, 6) is 1.74. The third-order valence-corrected chi connectivity index (χ3v) is 1.51. The van der Waals surface area contributed by atoms with E-state index in [-0.39, 0.29) is 0 Å². The van der Waals surface area contributed by atoms with E-state index < -0.39 is 0 Å². The molecule has 2 nitrogen and oxygen atoms in total. The molecule has 10 heavy (non-hydrogen) atoms. The first kappa shape index (κ1) is 7.61. The predicted octanol–water partition coefficient (Wildman–Crippen LogP) is 2.27. The molecule has 2 heteroatoms. The Hall–Kier alpha value is -0.500. The van der Waals surface area contributed by atoms with E-state index in [4.69, 9.17) is 9.78 Å². The summed E-state index contributed by atoms with van der Waals surface area (Å²) >= 11 is 0. The fraction of sp³-hybridized carbons (Fsp3) is 0.750. The second kappa shape index (κ2) is 3.62. The molecule has 1 aliphatic heterocycles. The van der Waals surface area contributed by atoms with Crippen molar-refractivity contribution >= 4 is 0 Å².